The zero-order valence-corrected chi connectivity index (χ0v) is 38.0. The standard InChI is InChI=1S/C39H36ClF10N7O2S2.Na/c1-19-16-37(43,44)34(29(19)33(51)39(48,49)50)52-17-28(58)54-27(14-20-12-21(41)15-22(42)13-20)31-24(7-6-23(53-31)10-11-36(2,3)61(5)59)25-8-9-26(40)30-32(25)57(18-38(45,46)47)55-35(30)56-60-4;/h6-9,12-13,15,19,27H,14,16-18H2,1-5H3,(H4,51,52,54,55,56,58);/q;+1/p-1/t19-,27?,61?;/m0./s1. The third-order valence-electron chi connectivity index (χ3n) is 9.42. The Kier molecular flexibility index (Phi) is 16.0. The Bertz CT molecular complexity index is 2500. The first kappa shape index (κ1) is 50.8. The second kappa shape index (κ2) is 19.5. The number of rotatable bonds is 11. The molecule has 2 aromatic heterocycles. The second-order valence-electron chi connectivity index (χ2n) is 14.4. The summed E-state index contributed by atoms with van der Waals surface area (Å²) in [6.45, 7) is 1.44. The minimum absolute atomic E-state index is 0. The summed E-state index contributed by atoms with van der Waals surface area (Å²) in [7, 11) is -1.48. The van der Waals surface area contributed by atoms with Crippen LogP contribution in [-0.4, -0.2) is 72.7 Å². The molecule has 1 amide bonds. The number of aliphatic imine (C=N–C) groups is 1. The molecule has 0 bridgehead atoms. The normalized spacial score (nSPS) is 17.9. The number of carbonyl (C=O) groups excluding carboxylic acids is 1. The third-order valence-corrected chi connectivity index (χ3v) is 11.6. The van der Waals surface area contributed by atoms with Gasteiger partial charge in [0.15, 0.2) is 0 Å². The van der Waals surface area contributed by atoms with Crippen LogP contribution in [0.15, 0.2) is 58.7 Å². The monoisotopic (exact) mass is 945 g/mol. The Labute approximate surface area is 383 Å². The molecule has 23 heteroatoms. The van der Waals surface area contributed by atoms with Crippen molar-refractivity contribution in [2.24, 2.45) is 16.6 Å². The van der Waals surface area contributed by atoms with E-state index in [-0.39, 0.29) is 79.4 Å². The van der Waals surface area contributed by atoms with E-state index >= 15 is 8.78 Å². The molecular weight excluding hydrogens is 911 g/mol. The molecule has 1 aliphatic rings. The molecule has 2 unspecified atom stereocenters. The van der Waals surface area contributed by atoms with Crippen molar-refractivity contribution in [2.75, 3.05) is 19.1 Å². The zero-order chi connectivity index (χ0) is 45.4. The van der Waals surface area contributed by atoms with Crippen molar-refractivity contribution in [3.8, 4) is 23.0 Å². The van der Waals surface area contributed by atoms with Crippen molar-refractivity contribution in [1.82, 2.24) is 20.1 Å². The van der Waals surface area contributed by atoms with Crippen molar-refractivity contribution in [3.05, 3.63) is 92.1 Å². The van der Waals surface area contributed by atoms with Crippen molar-refractivity contribution in [1.29, 1.82) is 0 Å². The number of carbonyl (C=O) groups is 1. The Morgan fingerprint density at radius 2 is 1.74 bits per heavy atom. The van der Waals surface area contributed by atoms with Crippen molar-refractivity contribution < 1.29 is 82.5 Å². The van der Waals surface area contributed by atoms with E-state index in [1.807, 2.05) is 0 Å². The number of allylic oxidation sites excluding steroid dienone is 2. The molecule has 0 radical (unpaired) electrons. The largest absolute Gasteiger partial charge is 1.00 e. The van der Waals surface area contributed by atoms with Crippen LogP contribution >= 0.6 is 23.5 Å². The first-order valence-electron chi connectivity index (χ1n) is 17.8. The number of hydrogen-bond acceptors (Lipinski definition) is 7. The maximum Gasteiger partial charge on any atom is 1.00 e. The summed E-state index contributed by atoms with van der Waals surface area (Å²) in [5.41, 5.74) is 0.594. The van der Waals surface area contributed by atoms with Gasteiger partial charge in [0.2, 0.25) is 5.91 Å². The number of halogens is 11. The van der Waals surface area contributed by atoms with Gasteiger partial charge in [0.1, 0.15) is 46.6 Å². The average molecular weight is 946 g/mol. The van der Waals surface area contributed by atoms with E-state index in [2.05, 4.69) is 37.0 Å². The molecule has 2 aromatic carbocycles. The first-order valence-corrected chi connectivity index (χ1v) is 21.0. The van der Waals surface area contributed by atoms with E-state index in [1.165, 1.54) is 36.8 Å². The number of nitrogens with two attached hydrogens (primary N) is 1. The van der Waals surface area contributed by atoms with Gasteiger partial charge < -0.3 is 25.6 Å². The van der Waals surface area contributed by atoms with Gasteiger partial charge in [0.05, 0.1) is 17.3 Å². The van der Waals surface area contributed by atoms with Crippen LogP contribution in [0.1, 0.15) is 50.2 Å². The fraction of sp³-hybridized carbons (Fsp3) is 0.385. The molecule has 5 rings (SSSR count). The molecule has 0 aliphatic heterocycles. The minimum Gasteiger partial charge on any atom is -0.408 e. The first-order chi connectivity index (χ1) is 28.2. The van der Waals surface area contributed by atoms with Gasteiger partial charge in [0, 0.05) is 56.7 Å². The van der Waals surface area contributed by atoms with E-state index in [9.17, 15) is 44.1 Å². The minimum atomic E-state index is -5.21. The van der Waals surface area contributed by atoms with Gasteiger partial charge in [-0.1, -0.05) is 30.5 Å². The molecule has 3 N–H and O–H groups in total. The van der Waals surface area contributed by atoms with Crippen LogP contribution in [0.5, 0.6) is 0 Å². The maximum absolute atomic E-state index is 15.1. The van der Waals surface area contributed by atoms with Crippen LogP contribution in [0.25, 0.3) is 26.8 Å². The molecular formula is C39H35ClF10N7NaO2S2. The number of nitrogens with zero attached hydrogens (tertiary/aromatic N) is 5. The molecule has 4 aromatic rings. The summed E-state index contributed by atoms with van der Waals surface area (Å²) in [4.78, 5) is 22.0. The summed E-state index contributed by atoms with van der Waals surface area (Å²) < 4.78 is 158. The Balaban J connectivity index is 0.00000845. The molecule has 0 saturated heterocycles. The number of nitrogens with one attached hydrogen (secondary N) is 1. The van der Waals surface area contributed by atoms with Crippen molar-refractivity contribution >= 4 is 62.7 Å². The SMILES string of the molecule is CS[N-]c1nn(CC(F)(F)F)c2c(-c3ccc(C#CC(C)(C)S(C)=O)nc3C(Cc3cc(F)cc(F)c3)NC(=O)CN=C3/C(=C(\N)C(F)(F)F)[C@@H](C)CC3(F)F)ccc(Cl)c12.[Na+]. The molecule has 0 spiro atoms. The summed E-state index contributed by atoms with van der Waals surface area (Å²) in [6.07, 6.45) is -8.66. The maximum atomic E-state index is 15.1. The van der Waals surface area contributed by atoms with Crippen molar-refractivity contribution in [3.63, 3.8) is 0 Å². The Hall–Kier alpha value is -3.81. The van der Waals surface area contributed by atoms with Crippen LogP contribution < -0.4 is 40.6 Å². The number of amides is 1. The fourth-order valence-electron chi connectivity index (χ4n) is 6.57. The van der Waals surface area contributed by atoms with Gasteiger partial charge in [-0.2, -0.15) is 47.1 Å². The molecule has 3 atom stereocenters. The smallest absolute Gasteiger partial charge is 0.408 e. The number of hydrogen-bond donors (Lipinski definition) is 2. The van der Waals surface area contributed by atoms with E-state index < -0.39 is 106 Å². The van der Waals surface area contributed by atoms with Gasteiger partial charge >= 0.3 is 41.9 Å². The van der Waals surface area contributed by atoms with E-state index in [1.54, 1.807) is 13.8 Å². The summed E-state index contributed by atoms with van der Waals surface area (Å²) in [5, 5.41) is 6.53. The molecule has 1 fully saturated rings. The third kappa shape index (κ3) is 11.8. The van der Waals surface area contributed by atoms with Gasteiger partial charge in [-0.25, -0.2) is 13.8 Å². The van der Waals surface area contributed by atoms with Gasteiger partial charge in [-0.15, -0.1) is 0 Å². The van der Waals surface area contributed by atoms with Crippen LogP contribution in [0, 0.1) is 29.4 Å². The Morgan fingerprint density at radius 3 is 2.32 bits per heavy atom. The quantitative estimate of drug-likeness (QED) is 0.0748. The summed E-state index contributed by atoms with van der Waals surface area (Å²) in [6, 6.07) is 6.30. The number of aromatic nitrogens is 3. The number of pyridine rings is 1. The molecule has 2 heterocycles. The number of fused-ring (bicyclic) bond motifs is 1. The molecule has 1 aliphatic carbocycles. The van der Waals surface area contributed by atoms with Crippen LogP contribution in [-0.2, 0) is 28.6 Å². The summed E-state index contributed by atoms with van der Waals surface area (Å²) >= 11 is 7.41. The van der Waals surface area contributed by atoms with E-state index in [0.717, 1.165) is 31.0 Å². The van der Waals surface area contributed by atoms with Gasteiger partial charge in [-0.3, -0.25) is 14.0 Å². The second-order valence-corrected chi connectivity index (χ2v) is 17.3. The predicted molar refractivity (Wildman–Crippen MR) is 215 cm³/mol. The van der Waals surface area contributed by atoms with Crippen LogP contribution in [0.3, 0.4) is 0 Å². The van der Waals surface area contributed by atoms with Gasteiger partial charge in [0.25, 0.3) is 5.92 Å². The molecule has 62 heavy (non-hydrogen) atoms. The number of alkyl halides is 8. The molecule has 9 nitrogen and oxygen atoms in total. The Morgan fingerprint density at radius 1 is 1.11 bits per heavy atom. The van der Waals surface area contributed by atoms with E-state index in [4.69, 9.17) is 17.3 Å². The number of benzene rings is 2. The topological polar surface area (TPSA) is 129 Å². The van der Waals surface area contributed by atoms with Crippen LogP contribution in [0.4, 0.5) is 49.7 Å². The van der Waals surface area contributed by atoms with Crippen LogP contribution in [0.2, 0.25) is 5.02 Å². The van der Waals surface area contributed by atoms with Crippen molar-refractivity contribution in [2.45, 2.75) is 69.2 Å². The zero-order valence-electron chi connectivity index (χ0n) is 33.6. The molecule has 1 saturated carbocycles. The molecule has 328 valence electrons. The average Bonchev–Trinajstić information content (AvgIpc) is 3.59. The predicted octanol–water partition coefficient (Wildman–Crippen LogP) is 6.68. The summed E-state index contributed by atoms with van der Waals surface area (Å²) in [5.74, 6) is -3.12. The fourth-order valence-corrected chi connectivity index (χ4v) is 7.30. The van der Waals surface area contributed by atoms with Gasteiger partial charge in [-0.05, 0) is 80.1 Å². The van der Waals surface area contributed by atoms with E-state index in [0.29, 0.717) is 10.7 Å².